The average molecular weight is 882 g/mol. The van der Waals surface area contributed by atoms with E-state index in [9.17, 15) is 24.0 Å². The summed E-state index contributed by atoms with van der Waals surface area (Å²) in [7, 11) is 1.51. The Hall–Kier alpha value is -5.85. The number of likely N-dealkylation sites (N-methyl/N-ethyl adjacent to an activating group) is 1. The van der Waals surface area contributed by atoms with E-state index in [1.165, 1.54) is 11.9 Å². The molecule has 5 aliphatic rings. The maximum atomic E-state index is 13.2. The van der Waals surface area contributed by atoms with Crippen molar-refractivity contribution in [2.75, 3.05) is 68.0 Å². The molecule has 1 aromatic carbocycles. The van der Waals surface area contributed by atoms with Crippen LogP contribution in [0, 0.1) is 0 Å². The number of aromatic nitrogens is 4. The maximum absolute atomic E-state index is 13.2. The van der Waals surface area contributed by atoms with Gasteiger partial charge in [-0.1, -0.05) is 11.6 Å². The second-order valence-electron chi connectivity index (χ2n) is 17.2. The van der Waals surface area contributed by atoms with E-state index in [4.69, 9.17) is 31.0 Å². The Labute approximate surface area is 369 Å². The summed E-state index contributed by atoms with van der Waals surface area (Å²) in [5.74, 6) is 0.723. The summed E-state index contributed by atoms with van der Waals surface area (Å²) in [6, 6.07) is 10.7. The Morgan fingerprint density at radius 1 is 0.937 bits per heavy atom. The van der Waals surface area contributed by atoms with Gasteiger partial charge in [-0.3, -0.25) is 34.2 Å². The molecule has 0 spiro atoms. The lowest BCUT2D eigenvalue weighted by molar-refractivity contribution is -0.137. The number of hydrogen-bond acceptors (Lipinski definition) is 14. The van der Waals surface area contributed by atoms with E-state index in [0.29, 0.717) is 46.2 Å². The molecule has 18 nitrogen and oxygen atoms in total. The second kappa shape index (κ2) is 17.7. The number of piperazine rings is 1. The Balaban J connectivity index is 0.739. The number of fused-ring (bicyclic) bond motifs is 2. The fourth-order valence-electron chi connectivity index (χ4n) is 9.29. The largest absolute Gasteiger partial charge is 0.478 e. The number of anilines is 4. The Morgan fingerprint density at radius 2 is 1.71 bits per heavy atom. The fraction of sp³-hybridized carbons (Fsp3) is 0.500. The van der Waals surface area contributed by atoms with Gasteiger partial charge in [0.05, 0.1) is 41.7 Å². The third-order valence-electron chi connectivity index (χ3n) is 12.8. The zero-order chi connectivity index (χ0) is 43.9. The summed E-state index contributed by atoms with van der Waals surface area (Å²) in [6.07, 6.45) is 6.33. The van der Waals surface area contributed by atoms with Crippen molar-refractivity contribution < 1.29 is 28.7 Å². The highest BCUT2D eigenvalue weighted by Crippen LogP contribution is 2.34. The average Bonchev–Trinajstić information content (AvgIpc) is 3.59. The number of ether oxygens (including phenoxy) is 2. The molecular weight excluding hydrogens is 830 g/mol. The lowest BCUT2D eigenvalue weighted by atomic mass is 9.87. The molecule has 63 heavy (non-hydrogen) atoms. The van der Waals surface area contributed by atoms with Gasteiger partial charge in [0.1, 0.15) is 16.9 Å². The van der Waals surface area contributed by atoms with Crippen LogP contribution < -0.4 is 36.0 Å². The van der Waals surface area contributed by atoms with Crippen LogP contribution in [0.4, 0.5) is 23.3 Å². The van der Waals surface area contributed by atoms with E-state index >= 15 is 0 Å². The van der Waals surface area contributed by atoms with Gasteiger partial charge in [-0.2, -0.15) is 4.98 Å². The van der Waals surface area contributed by atoms with Gasteiger partial charge < -0.3 is 39.4 Å². The number of halogens is 1. The SMILES string of the molecule is CNC(=O)COc1cc2cc(Nc3nc(N4CCC(O[C@H]5C[C@H](N6CCN(c7ccc8c(n7)CN(C7CCC(=O)NC7=O)C8=O)CC6)C5)CC4)ncc3Cl)ccc2n(C(C)C)c1=O. The minimum atomic E-state index is -0.651. The van der Waals surface area contributed by atoms with E-state index in [1.807, 2.05) is 44.2 Å². The van der Waals surface area contributed by atoms with E-state index in [-0.39, 0.29) is 66.9 Å². The van der Waals surface area contributed by atoms with Crippen LogP contribution in [0.5, 0.6) is 5.75 Å². The molecule has 1 atom stereocenters. The maximum Gasteiger partial charge on any atom is 0.293 e. The van der Waals surface area contributed by atoms with Crippen LogP contribution in [0.25, 0.3) is 10.9 Å². The van der Waals surface area contributed by atoms with Crippen LogP contribution >= 0.6 is 11.6 Å². The summed E-state index contributed by atoms with van der Waals surface area (Å²) >= 11 is 6.60. The summed E-state index contributed by atoms with van der Waals surface area (Å²) in [5.41, 5.74) is 2.35. The lowest BCUT2D eigenvalue weighted by Gasteiger charge is -2.47. The quantitative estimate of drug-likeness (QED) is 0.175. The van der Waals surface area contributed by atoms with Gasteiger partial charge in [0, 0.05) is 75.9 Å². The number of amides is 4. The van der Waals surface area contributed by atoms with E-state index < -0.39 is 11.9 Å². The summed E-state index contributed by atoms with van der Waals surface area (Å²) < 4.78 is 13.9. The van der Waals surface area contributed by atoms with Gasteiger partial charge in [0.25, 0.3) is 17.4 Å². The number of carbonyl (C=O) groups is 4. The molecule has 1 aliphatic carbocycles. The number of hydrogen-bond donors (Lipinski definition) is 3. The molecule has 1 unspecified atom stereocenters. The minimum Gasteiger partial charge on any atom is -0.478 e. The van der Waals surface area contributed by atoms with E-state index in [1.54, 1.807) is 16.8 Å². The van der Waals surface area contributed by atoms with Gasteiger partial charge in [-0.05, 0) is 82.3 Å². The molecule has 4 fully saturated rings. The highest BCUT2D eigenvalue weighted by molar-refractivity contribution is 6.33. The number of imide groups is 1. The van der Waals surface area contributed by atoms with Gasteiger partial charge in [-0.25, -0.2) is 9.97 Å². The van der Waals surface area contributed by atoms with Crippen molar-refractivity contribution >= 4 is 69.4 Å². The predicted octanol–water partition coefficient (Wildman–Crippen LogP) is 3.39. The highest BCUT2D eigenvalue weighted by Gasteiger charge is 2.41. The van der Waals surface area contributed by atoms with Crippen LogP contribution in [0.15, 0.2) is 47.4 Å². The zero-order valence-corrected chi connectivity index (χ0v) is 36.4. The van der Waals surface area contributed by atoms with E-state index in [2.05, 4.69) is 35.6 Å². The third-order valence-corrected chi connectivity index (χ3v) is 13.1. The first kappa shape index (κ1) is 42.5. The van der Waals surface area contributed by atoms with Crippen molar-refractivity contribution in [1.82, 2.24) is 40.0 Å². The number of benzene rings is 1. The number of carbonyl (C=O) groups excluding carboxylic acids is 4. The smallest absolute Gasteiger partial charge is 0.293 e. The predicted molar refractivity (Wildman–Crippen MR) is 236 cm³/mol. The second-order valence-corrected chi connectivity index (χ2v) is 17.6. The van der Waals surface area contributed by atoms with Crippen molar-refractivity contribution in [2.45, 2.75) is 89.3 Å². The molecule has 4 aliphatic heterocycles. The number of pyridine rings is 2. The summed E-state index contributed by atoms with van der Waals surface area (Å²) in [6.45, 7) is 8.88. The first-order valence-electron chi connectivity index (χ1n) is 21.8. The van der Waals surface area contributed by atoms with Crippen LogP contribution in [0.2, 0.25) is 5.02 Å². The summed E-state index contributed by atoms with van der Waals surface area (Å²) in [4.78, 5) is 85.0. The minimum absolute atomic E-state index is 0.0921. The molecule has 3 aromatic heterocycles. The third kappa shape index (κ3) is 8.75. The molecule has 7 heterocycles. The zero-order valence-electron chi connectivity index (χ0n) is 35.6. The number of rotatable bonds is 12. The standard InChI is InChI=1S/C44H52ClN11O7/c1-25(2)56-34-6-4-27(18-26(34)19-36(43(56)61)62-24-39(58)46-3)48-40-32(45)22-47-44(51-40)54-12-10-29(11-13-54)63-30-20-28(21-30)52-14-16-53(17-15-52)37-8-5-31-33(49-37)23-55(42(31)60)35-7-9-38(57)50-41(35)59/h4-6,8,18-19,22,25,28-30,35H,7,9-17,20-21,23-24H2,1-3H3,(H,46,58)(H,47,48,51)(H,50,57,59)/t28-,30-,35?. The lowest BCUT2D eigenvalue weighted by Crippen LogP contribution is -2.56. The molecule has 3 saturated heterocycles. The molecule has 3 N–H and O–H groups in total. The molecule has 0 bridgehead atoms. The normalized spacial score (nSPS) is 22.0. The first-order chi connectivity index (χ1) is 30.4. The van der Waals surface area contributed by atoms with Crippen molar-refractivity contribution in [2.24, 2.45) is 0 Å². The van der Waals surface area contributed by atoms with Crippen molar-refractivity contribution in [3.8, 4) is 5.75 Å². The molecule has 19 heteroatoms. The van der Waals surface area contributed by atoms with E-state index in [0.717, 1.165) is 81.7 Å². The first-order valence-corrected chi connectivity index (χ1v) is 22.2. The Bertz CT molecular complexity index is 2500. The topological polar surface area (TPSA) is 196 Å². The molecule has 332 valence electrons. The Kier molecular flexibility index (Phi) is 11.9. The number of nitrogens with one attached hydrogen (secondary N) is 3. The van der Waals surface area contributed by atoms with Gasteiger partial charge in [0.2, 0.25) is 17.8 Å². The molecule has 9 rings (SSSR count). The Morgan fingerprint density at radius 3 is 2.44 bits per heavy atom. The van der Waals surface area contributed by atoms with Crippen LogP contribution in [-0.2, 0) is 25.7 Å². The van der Waals surface area contributed by atoms with Crippen molar-refractivity contribution in [3.05, 3.63) is 69.2 Å². The van der Waals surface area contributed by atoms with Crippen LogP contribution in [0.1, 0.15) is 74.5 Å². The van der Waals surface area contributed by atoms with Gasteiger partial charge >= 0.3 is 0 Å². The van der Waals surface area contributed by atoms with Gasteiger partial charge in [-0.15, -0.1) is 0 Å². The van der Waals surface area contributed by atoms with Crippen molar-refractivity contribution in [1.29, 1.82) is 0 Å². The monoisotopic (exact) mass is 881 g/mol. The number of piperidine rings is 2. The van der Waals surface area contributed by atoms with Gasteiger partial charge in [0.15, 0.2) is 18.2 Å². The molecule has 4 amide bonds. The van der Waals surface area contributed by atoms with Crippen molar-refractivity contribution in [3.63, 3.8) is 0 Å². The fourth-order valence-corrected chi connectivity index (χ4v) is 9.43. The molecule has 4 aromatic rings. The number of nitrogens with zero attached hydrogens (tertiary/aromatic N) is 8. The molecule has 0 radical (unpaired) electrons. The molecular formula is C44H52ClN11O7. The molecule has 1 saturated carbocycles. The summed E-state index contributed by atoms with van der Waals surface area (Å²) in [5, 5.41) is 9.31. The van der Waals surface area contributed by atoms with Crippen LogP contribution in [-0.4, -0.2) is 130 Å². The highest BCUT2D eigenvalue weighted by atomic mass is 35.5. The van der Waals surface area contributed by atoms with Crippen LogP contribution in [0.3, 0.4) is 0 Å².